The zero-order valence-corrected chi connectivity index (χ0v) is 18.9. The molecule has 1 saturated heterocycles. The van der Waals surface area contributed by atoms with Crippen LogP contribution in [-0.2, 0) is 24.0 Å². The van der Waals surface area contributed by atoms with Crippen molar-refractivity contribution in [3.8, 4) is 0 Å². The maximum Gasteiger partial charge on any atom is 0.328 e. The van der Waals surface area contributed by atoms with Gasteiger partial charge in [0.2, 0.25) is 23.6 Å². The van der Waals surface area contributed by atoms with Crippen LogP contribution in [0.15, 0.2) is 0 Å². The van der Waals surface area contributed by atoms with Crippen LogP contribution >= 0.6 is 0 Å². The molecule has 5 unspecified atom stereocenters. The zero-order chi connectivity index (χ0) is 25.1. The average molecular weight is 473 g/mol. The largest absolute Gasteiger partial charge is 0.480 e. The van der Waals surface area contributed by atoms with Gasteiger partial charge in [-0.25, -0.2) is 4.79 Å². The fourth-order valence-corrected chi connectivity index (χ4v) is 3.61. The molecule has 4 amide bonds. The van der Waals surface area contributed by atoms with Crippen molar-refractivity contribution >= 4 is 29.6 Å². The lowest BCUT2D eigenvalue weighted by Gasteiger charge is -2.29. The molecule has 0 aromatic carbocycles. The number of unbranched alkanes of at least 4 members (excludes halogenated alkanes) is 1. The summed E-state index contributed by atoms with van der Waals surface area (Å²) in [5, 5.41) is 23.7. The van der Waals surface area contributed by atoms with E-state index >= 15 is 0 Å². The van der Waals surface area contributed by atoms with Crippen molar-refractivity contribution in [1.82, 2.24) is 15.5 Å². The first-order valence-electron chi connectivity index (χ1n) is 11.1. The number of nitrogens with zero attached hydrogens (tertiary/aromatic N) is 1. The van der Waals surface area contributed by atoms with Gasteiger partial charge in [-0.3, -0.25) is 19.2 Å². The molecule has 188 valence electrons. The highest BCUT2D eigenvalue weighted by molar-refractivity contribution is 5.94. The van der Waals surface area contributed by atoms with Crippen LogP contribution in [0.2, 0.25) is 0 Å². The minimum absolute atomic E-state index is 0.0546. The van der Waals surface area contributed by atoms with Gasteiger partial charge in [-0.2, -0.15) is 0 Å². The van der Waals surface area contributed by atoms with E-state index in [4.69, 9.17) is 17.2 Å². The number of rotatable bonds is 14. The lowest BCUT2D eigenvalue weighted by atomic mass is 10.1. The van der Waals surface area contributed by atoms with E-state index < -0.39 is 59.9 Å². The van der Waals surface area contributed by atoms with Gasteiger partial charge in [0, 0.05) is 13.0 Å². The summed E-state index contributed by atoms with van der Waals surface area (Å²) >= 11 is 0. The van der Waals surface area contributed by atoms with Crippen molar-refractivity contribution in [2.75, 3.05) is 13.1 Å². The average Bonchev–Trinajstić information content (AvgIpc) is 3.23. The van der Waals surface area contributed by atoms with E-state index in [2.05, 4.69) is 10.6 Å². The van der Waals surface area contributed by atoms with Crippen LogP contribution in [0.4, 0.5) is 0 Å². The molecule has 0 saturated carbocycles. The topological polar surface area (TPSA) is 231 Å². The van der Waals surface area contributed by atoms with Crippen molar-refractivity contribution in [1.29, 1.82) is 0 Å². The van der Waals surface area contributed by atoms with Gasteiger partial charge in [0.15, 0.2) is 6.04 Å². The Bertz CT molecular complexity index is 717. The molecule has 0 bridgehead atoms. The Morgan fingerprint density at radius 3 is 2.33 bits per heavy atom. The van der Waals surface area contributed by atoms with Gasteiger partial charge in [0.25, 0.3) is 0 Å². The van der Waals surface area contributed by atoms with Crippen LogP contribution in [0.3, 0.4) is 0 Å². The number of hydrogen-bond donors (Lipinski definition) is 7. The van der Waals surface area contributed by atoms with Crippen LogP contribution in [0, 0.1) is 0 Å². The standard InChI is InChI=1S/C20H36N6O7/c1-11(27)16(20(32)33)25-17(29)13(5-2-3-9-21)24-18(30)14-6-4-10-26(14)19(31)12(22)7-8-15(23)28/h11-14,16,27H,2-10,21-22H2,1H3,(H2,23,28)(H,24,30)(H,25,29)(H,32,33). The molecule has 13 nitrogen and oxygen atoms in total. The molecule has 1 heterocycles. The molecule has 1 aliphatic rings. The third-order valence-electron chi connectivity index (χ3n) is 5.48. The third-order valence-corrected chi connectivity index (χ3v) is 5.48. The fourth-order valence-electron chi connectivity index (χ4n) is 3.61. The molecule has 0 aromatic rings. The molecule has 1 aliphatic heterocycles. The van der Waals surface area contributed by atoms with Gasteiger partial charge in [-0.1, -0.05) is 0 Å². The van der Waals surface area contributed by atoms with Gasteiger partial charge in [0.1, 0.15) is 12.1 Å². The molecule has 5 atom stereocenters. The Morgan fingerprint density at radius 1 is 1.12 bits per heavy atom. The first-order valence-corrected chi connectivity index (χ1v) is 11.1. The van der Waals surface area contributed by atoms with Crippen LogP contribution in [0.25, 0.3) is 0 Å². The quantitative estimate of drug-likeness (QED) is 0.129. The Morgan fingerprint density at radius 2 is 1.79 bits per heavy atom. The number of carboxylic acid groups (broad SMARTS) is 1. The number of carboxylic acids is 1. The number of hydrogen-bond acceptors (Lipinski definition) is 8. The lowest BCUT2D eigenvalue weighted by molar-refractivity contribution is -0.145. The molecule has 10 N–H and O–H groups in total. The first-order chi connectivity index (χ1) is 15.5. The number of carbonyl (C=O) groups is 5. The number of amides is 4. The summed E-state index contributed by atoms with van der Waals surface area (Å²) in [6.45, 7) is 1.90. The normalized spacial score (nSPS) is 19.3. The smallest absolute Gasteiger partial charge is 0.328 e. The molecule has 0 radical (unpaired) electrons. The van der Waals surface area contributed by atoms with Gasteiger partial charge < -0.3 is 42.9 Å². The van der Waals surface area contributed by atoms with E-state index in [1.54, 1.807) is 0 Å². The van der Waals surface area contributed by atoms with Crippen molar-refractivity contribution in [2.45, 2.75) is 82.1 Å². The molecular weight excluding hydrogens is 436 g/mol. The molecule has 1 rings (SSSR count). The molecule has 0 spiro atoms. The second-order valence-electron chi connectivity index (χ2n) is 8.21. The van der Waals surface area contributed by atoms with Crippen molar-refractivity contribution in [2.24, 2.45) is 17.2 Å². The van der Waals surface area contributed by atoms with E-state index in [0.717, 1.165) is 0 Å². The van der Waals surface area contributed by atoms with E-state index in [1.165, 1.54) is 11.8 Å². The Hall–Kier alpha value is -2.77. The highest BCUT2D eigenvalue weighted by atomic mass is 16.4. The van der Waals surface area contributed by atoms with E-state index in [0.29, 0.717) is 38.8 Å². The second-order valence-corrected chi connectivity index (χ2v) is 8.21. The highest BCUT2D eigenvalue weighted by Crippen LogP contribution is 2.19. The monoisotopic (exact) mass is 472 g/mol. The summed E-state index contributed by atoms with van der Waals surface area (Å²) in [7, 11) is 0. The summed E-state index contributed by atoms with van der Waals surface area (Å²) in [5.74, 6) is -3.82. The molecular formula is C20H36N6O7. The minimum Gasteiger partial charge on any atom is -0.480 e. The number of nitrogens with one attached hydrogen (secondary N) is 2. The third kappa shape index (κ3) is 8.94. The number of carbonyl (C=O) groups excluding carboxylic acids is 4. The van der Waals surface area contributed by atoms with Gasteiger partial charge in [0.05, 0.1) is 12.1 Å². The summed E-state index contributed by atoms with van der Waals surface area (Å²) < 4.78 is 0. The van der Waals surface area contributed by atoms with Gasteiger partial charge in [-0.05, 0) is 52.0 Å². The highest BCUT2D eigenvalue weighted by Gasteiger charge is 2.38. The summed E-state index contributed by atoms with van der Waals surface area (Å²) in [6, 6.07) is -4.46. The SMILES string of the molecule is CC(O)C(NC(=O)C(CCCCN)NC(=O)C1CCCN1C(=O)C(N)CCC(N)=O)C(=O)O. The lowest BCUT2D eigenvalue weighted by Crippen LogP contribution is -2.57. The second kappa shape index (κ2) is 13.7. The van der Waals surface area contributed by atoms with Crippen LogP contribution < -0.4 is 27.8 Å². The zero-order valence-electron chi connectivity index (χ0n) is 18.9. The number of aliphatic hydroxyl groups is 1. The number of aliphatic hydroxyl groups excluding tert-OH is 1. The van der Waals surface area contributed by atoms with Crippen molar-refractivity contribution in [3.05, 3.63) is 0 Å². The van der Waals surface area contributed by atoms with Crippen LogP contribution in [0.1, 0.15) is 51.9 Å². The number of nitrogens with two attached hydrogens (primary N) is 3. The molecule has 33 heavy (non-hydrogen) atoms. The van der Waals surface area contributed by atoms with Crippen molar-refractivity contribution < 1.29 is 34.2 Å². The Labute approximate surface area is 192 Å². The van der Waals surface area contributed by atoms with E-state index in [9.17, 15) is 34.2 Å². The maximum atomic E-state index is 13.0. The van der Waals surface area contributed by atoms with Gasteiger partial charge in [-0.15, -0.1) is 0 Å². The van der Waals surface area contributed by atoms with Crippen molar-refractivity contribution in [3.63, 3.8) is 0 Å². The van der Waals surface area contributed by atoms with E-state index in [1.807, 2.05) is 0 Å². The van der Waals surface area contributed by atoms with E-state index in [-0.39, 0.29) is 19.3 Å². The van der Waals surface area contributed by atoms with Gasteiger partial charge >= 0.3 is 5.97 Å². The first kappa shape index (κ1) is 28.3. The fraction of sp³-hybridized carbons (Fsp3) is 0.750. The predicted octanol–water partition coefficient (Wildman–Crippen LogP) is -2.87. The number of likely N-dealkylation sites (tertiary alicyclic amines) is 1. The molecule has 13 heteroatoms. The molecule has 0 aliphatic carbocycles. The van der Waals surface area contributed by atoms with Crippen LogP contribution in [0.5, 0.6) is 0 Å². The Balaban J connectivity index is 2.89. The summed E-state index contributed by atoms with van der Waals surface area (Å²) in [6.07, 6.45) is 0.834. The number of aliphatic carboxylic acids is 1. The predicted molar refractivity (Wildman–Crippen MR) is 117 cm³/mol. The maximum absolute atomic E-state index is 13.0. The summed E-state index contributed by atoms with van der Waals surface area (Å²) in [5.41, 5.74) is 16.4. The summed E-state index contributed by atoms with van der Waals surface area (Å²) in [4.78, 5) is 61.9. The Kier molecular flexibility index (Phi) is 11.7. The minimum atomic E-state index is -1.54. The molecule has 1 fully saturated rings. The number of primary amides is 1. The molecule has 0 aromatic heterocycles. The van der Waals surface area contributed by atoms with Crippen LogP contribution in [-0.4, -0.2) is 88.1 Å².